The van der Waals surface area contributed by atoms with E-state index < -0.39 is 48.7 Å². The second kappa shape index (κ2) is 8.48. The van der Waals surface area contributed by atoms with Gasteiger partial charge in [0.15, 0.2) is 6.61 Å². The number of alkyl halides is 2. The maximum Gasteiger partial charge on any atom is 0.326 e. The number of ether oxygens (including phenoxy) is 2. The lowest BCUT2D eigenvalue weighted by Gasteiger charge is -2.28. The predicted molar refractivity (Wildman–Crippen MR) is 112 cm³/mol. The van der Waals surface area contributed by atoms with Crippen molar-refractivity contribution in [1.29, 1.82) is 0 Å². The molecule has 11 heteroatoms. The van der Waals surface area contributed by atoms with Crippen molar-refractivity contribution >= 4 is 64.2 Å². The first-order valence-electron chi connectivity index (χ1n) is 9.65. The molecule has 1 aliphatic heterocycles. The Morgan fingerprint density at radius 1 is 1.13 bits per heavy atom. The van der Waals surface area contributed by atoms with Crippen molar-refractivity contribution < 1.29 is 28.7 Å². The molecule has 1 heterocycles. The quantitative estimate of drug-likeness (QED) is 0.374. The van der Waals surface area contributed by atoms with Crippen molar-refractivity contribution in [3.63, 3.8) is 0 Å². The number of carbonyl (C=O) groups is 4. The van der Waals surface area contributed by atoms with Crippen LogP contribution in [0, 0.1) is 23.7 Å². The average molecular weight is 490 g/mol. The summed E-state index contributed by atoms with van der Waals surface area (Å²) in [5.41, 5.74) is 0.315. The molecule has 1 aromatic rings. The highest BCUT2D eigenvalue weighted by molar-refractivity contribution is 6.31. The van der Waals surface area contributed by atoms with Crippen LogP contribution in [0.25, 0.3) is 0 Å². The van der Waals surface area contributed by atoms with Crippen LogP contribution in [-0.2, 0) is 23.9 Å². The van der Waals surface area contributed by atoms with E-state index in [2.05, 4.69) is 5.32 Å². The summed E-state index contributed by atoms with van der Waals surface area (Å²) < 4.78 is 10.1. The van der Waals surface area contributed by atoms with Crippen LogP contribution in [0.1, 0.15) is 6.42 Å². The van der Waals surface area contributed by atoms with Gasteiger partial charge >= 0.3 is 5.97 Å². The zero-order chi connectivity index (χ0) is 22.4. The summed E-state index contributed by atoms with van der Waals surface area (Å²) in [6.07, 6.45) is 0.639. The minimum absolute atomic E-state index is 0.171. The third kappa shape index (κ3) is 3.85. The number of nitrogens with zero attached hydrogens (tertiary/aromatic N) is 1. The number of hydrogen-bond donors (Lipinski definition) is 1. The zero-order valence-electron chi connectivity index (χ0n) is 16.3. The fraction of sp³-hybridized carbons (Fsp3) is 0.500. The van der Waals surface area contributed by atoms with Crippen molar-refractivity contribution in [3.8, 4) is 5.75 Å². The third-order valence-electron chi connectivity index (χ3n) is 6.17. The largest absolute Gasteiger partial charge is 0.495 e. The number of amides is 3. The second-order valence-corrected chi connectivity index (χ2v) is 9.26. The summed E-state index contributed by atoms with van der Waals surface area (Å²) in [4.78, 5) is 50.7. The number of methoxy groups -OCH3 is 1. The van der Waals surface area contributed by atoms with Gasteiger partial charge in [0.1, 0.15) is 12.3 Å². The summed E-state index contributed by atoms with van der Waals surface area (Å²) in [6, 6.07) is 4.67. The van der Waals surface area contributed by atoms with E-state index in [4.69, 9.17) is 44.3 Å². The molecular formula is C20H19Cl3N2O6. The van der Waals surface area contributed by atoms with Gasteiger partial charge < -0.3 is 14.8 Å². The maximum absolute atomic E-state index is 12.7. The average Bonchev–Trinajstić information content (AvgIpc) is 3.33. The molecule has 1 aromatic carbocycles. The first-order chi connectivity index (χ1) is 14.7. The molecular weight excluding hydrogens is 471 g/mol. The molecule has 8 nitrogen and oxygen atoms in total. The van der Waals surface area contributed by atoms with Crippen LogP contribution in [0.15, 0.2) is 18.2 Å². The van der Waals surface area contributed by atoms with Crippen molar-refractivity contribution in [3.05, 3.63) is 23.2 Å². The first kappa shape index (κ1) is 22.2. The maximum atomic E-state index is 12.7. The summed E-state index contributed by atoms with van der Waals surface area (Å²) in [5, 5.41) is 2.17. The third-order valence-corrected chi connectivity index (χ3v) is 7.72. The van der Waals surface area contributed by atoms with E-state index in [-0.39, 0.29) is 22.6 Å². The van der Waals surface area contributed by atoms with Gasteiger partial charge in [-0.05, 0) is 36.5 Å². The molecule has 3 fully saturated rings. The van der Waals surface area contributed by atoms with Gasteiger partial charge in [-0.3, -0.25) is 24.1 Å². The van der Waals surface area contributed by atoms with Gasteiger partial charge in [-0.25, -0.2) is 0 Å². The van der Waals surface area contributed by atoms with Crippen LogP contribution >= 0.6 is 34.8 Å². The molecule has 2 aliphatic carbocycles. The molecule has 31 heavy (non-hydrogen) atoms. The highest BCUT2D eigenvalue weighted by Crippen LogP contribution is 2.59. The van der Waals surface area contributed by atoms with Crippen LogP contribution in [0.4, 0.5) is 5.69 Å². The van der Waals surface area contributed by atoms with Gasteiger partial charge in [-0.15, -0.1) is 23.2 Å². The number of carbonyl (C=O) groups excluding carboxylic acids is 4. The summed E-state index contributed by atoms with van der Waals surface area (Å²) in [6.45, 7) is -1.16. The fourth-order valence-electron chi connectivity index (χ4n) is 4.85. The van der Waals surface area contributed by atoms with Crippen molar-refractivity contribution in [2.75, 3.05) is 25.6 Å². The Hall–Kier alpha value is -2.03. The molecule has 3 amide bonds. The number of nitrogens with one attached hydrogen (secondary N) is 1. The Bertz CT molecular complexity index is 925. The number of benzene rings is 1. The lowest BCUT2D eigenvalue weighted by Crippen LogP contribution is -2.38. The standard InChI is InChI=1S/C20H19Cl3N2O6/c1-30-12-3-2-8(21)4-11(12)24-13(26)7-31-14(27)6-25-19(28)15-9-5-10(16(15)20(25)29)18(23)17(9)22/h2-4,9-10,15-18H,5-7H2,1H3,(H,24,26)/t9-,10-,15-,16+,17-,18+/m1/s1. The number of fused-ring (bicyclic) bond motifs is 5. The first-order valence-corrected chi connectivity index (χ1v) is 10.9. The van der Waals surface area contributed by atoms with E-state index >= 15 is 0 Å². The van der Waals surface area contributed by atoms with E-state index in [1.54, 1.807) is 12.1 Å². The zero-order valence-corrected chi connectivity index (χ0v) is 18.6. The van der Waals surface area contributed by atoms with Crippen LogP contribution in [0.2, 0.25) is 5.02 Å². The number of esters is 1. The highest BCUT2D eigenvalue weighted by Gasteiger charge is 2.66. The van der Waals surface area contributed by atoms with Gasteiger partial charge in [0.25, 0.3) is 5.91 Å². The Labute approximate surface area is 193 Å². The van der Waals surface area contributed by atoms with Crippen LogP contribution in [0.3, 0.4) is 0 Å². The summed E-state index contributed by atoms with van der Waals surface area (Å²) >= 11 is 18.5. The smallest absolute Gasteiger partial charge is 0.326 e. The van der Waals surface area contributed by atoms with Crippen molar-refractivity contribution in [2.45, 2.75) is 17.2 Å². The number of hydrogen-bond acceptors (Lipinski definition) is 6. The molecule has 6 atom stereocenters. The molecule has 0 spiro atoms. The summed E-state index contributed by atoms with van der Waals surface area (Å²) in [7, 11) is 1.43. The molecule has 4 rings (SSSR count). The number of imide groups is 1. The Morgan fingerprint density at radius 2 is 1.74 bits per heavy atom. The topological polar surface area (TPSA) is 102 Å². The van der Waals surface area contributed by atoms with Crippen LogP contribution < -0.4 is 10.1 Å². The lowest BCUT2D eigenvalue weighted by atomic mass is 9.80. The van der Waals surface area contributed by atoms with Crippen LogP contribution in [0.5, 0.6) is 5.75 Å². The minimum atomic E-state index is -0.868. The van der Waals surface area contributed by atoms with Gasteiger partial charge in [0.05, 0.1) is 35.4 Å². The number of anilines is 1. The second-order valence-electron chi connectivity index (χ2n) is 7.82. The Balaban J connectivity index is 1.33. The number of likely N-dealkylation sites (tertiary alicyclic amines) is 1. The van der Waals surface area contributed by atoms with Crippen molar-refractivity contribution in [1.82, 2.24) is 4.90 Å². The van der Waals surface area contributed by atoms with E-state index in [9.17, 15) is 19.2 Å². The van der Waals surface area contributed by atoms with Gasteiger partial charge in [0, 0.05) is 5.02 Å². The van der Waals surface area contributed by atoms with E-state index in [1.165, 1.54) is 13.2 Å². The molecule has 3 aliphatic rings. The molecule has 0 aromatic heterocycles. The minimum Gasteiger partial charge on any atom is -0.495 e. The van der Waals surface area contributed by atoms with Gasteiger partial charge in [-0.2, -0.15) is 0 Å². The number of rotatable bonds is 6. The Morgan fingerprint density at radius 3 is 2.32 bits per heavy atom. The molecule has 0 radical (unpaired) electrons. The van der Waals surface area contributed by atoms with E-state index in [1.807, 2.05) is 0 Å². The SMILES string of the molecule is COc1ccc(Cl)cc1NC(=O)COC(=O)CN1C(=O)[C@@H]2[C@H]3C[C@@H]([C@H](Cl)[C@@H]3Cl)[C@@H]2C1=O. The van der Waals surface area contributed by atoms with Crippen molar-refractivity contribution in [2.24, 2.45) is 23.7 Å². The molecule has 0 unspecified atom stereocenters. The van der Waals surface area contributed by atoms with E-state index in [0.717, 1.165) is 4.90 Å². The normalized spacial score (nSPS) is 31.0. The monoisotopic (exact) mass is 488 g/mol. The molecule has 166 valence electrons. The van der Waals surface area contributed by atoms with E-state index in [0.29, 0.717) is 22.9 Å². The van der Waals surface area contributed by atoms with Gasteiger partial charge in [-0.1, -0.05) is 11.6 Å². The molecule has 2 bridgehead atoms. The lowest BCUT2D eigenvalue weighted by molar-refractivity contribution is -0.154. The number of halogens is 3. The molecule has 1 saturated heterocycles. The van der Waals surface area contributed by atoms with Gasteiger partial charge in [0.2, 0.25) is 11.8 Å². The predicted octanol–water partition coefficient (Wildman–Crippen LogP) is 2.30. The van der Waals surface area contributed by atoms with Crippen LogP contribution in [-0.4, -0.2) is 59.6 Å². The Kier molecular flexibility index (Phi) is 6.07. The highest BCUT2D eigenvalue weighted by atomic mass is 35.5. The molecule has 1 N–H and O–H groups in total. The fourth-order valence-corrected chi connectivity index (χ4v) is 5.92. The molecule has 2 saturated carbocycles. The summed E-state index contributed by atoms with van der Waals surface area (Å²) in [5.74, 6) is -3.39.